The van der Waals surface area contributed by atoms with Crippen LogP contribution in [0, 0.1) is 0 Å². The lowest BCUT2D eigenvalue weighted by atomic mass is 9.79. The molecule has 1 nitrogen and oxygen atoms in total. The highest BCUT2D eigenvalue weighted by atomic mass is 16.3. The van der Waals surface area contributed by atoms with E-state index in [0.29, 0.717) is 0 Å². The molecule has 0 saturated carbocycles. The van der Waals surface area contributed by atoms with Crippen molar-refractivity contribution in [3.05, 3.63) is 242 Å². The summed E-state index contributed by atoms with van der Waals surface area (Å²) in [5.41, 5.74) is 16.9. The molecule has 13 aromatic carbocycles. The van der Waals surface area contributed by atoms with E-state index in [1.807, 2.05) is 0 Å². The van der Waals surface area contributed by atoms with Crippen LogP contribution in [-0.2, 0) is 5.41 Å². The van der Waals surface area contributed by atoms with Crippen molar-refractivity contribution in [3.8, 4) is 55.6 Å². The first-order chi connectivity index (χ1) is 34.5. The Kier molecular flexibility index (Phi) is 8.19. The summed E-state index contributed by atoms with van der Waals surface area (Å²) in [6, 6.07) is 85.6. The van der Waals surface area contributed by atoms with Crippen molar-refractivity contribution < 1.29 is 4.42 Å². The van der Waals surface area contributed by atoms with E-state index in [9.17, 15) is 0 Å². The smallest absolute Gasteiger partial charge is 0.135 e. The molecule has 14 aromatic rings. The average molecular weight is 889 g/mol. The summed E-state index contributed by atoms with van der Waals surface area (Å²) in [6.07, 6.45) is 0. The maximum absolute atomic E-state index is 6.64. The van der Waals surface area contributed by atoms with Gasteiger partial charge in [-0.2, -0.15) is 0 Å². The van der Waals surface area contributed by atoms with E-state index in [1.54, 1.807) is 0 Å². The fourth-order valence-corrected chi connectivity index (χ4v) is 12.7. The molecule has 0 aliphatic heterocycles. The predicted molar refractivity (Wildman–Crippen MR) is 298 cm³/mol. The van der Waals surface area contributed by atoms with Crippen LogP contribution in [-0.4, -0.2) is 0 Å². The van der Waals surface area contributed by atoms with Gasteiger partial charge in [0.1, 0.15) is 11.2 Å². The van der Waals surface area contributed by atoms with Crippen molar-refractivity contribution in [2.75, 3.05) is 0 Å². The van der Waals surface area contributed by atoms with Gasteiger partial charge in [-0.05, 0) is 168 Å². The van der Waals surface area contributed by atoms with Crippen molar-refractivity contribution in [3.63, 3.8) is 0 Å². The standard InChI is InChI=1S/C69H44O/c1-69(2)62-34-31-41(38-61(62)67-52-25-11-7-20-47(52)48-21-9-16-30-57(48)68(67)69)42-32-35-63-59(37-42)60-40-44(33-36-64(60)70-63)65-53-26-12-14-28-55(53)66(56-29-15-13-27-54(56)65)51-24-10-8-23-50(51)58-39-43-17-3-4-18-45(43)46-19-5-6-22-49(46)58/h3-40H,1-2H3. The summed E-state index contributed by atoms with van der Waals surface area (Å²) in [5, 5.41) is 17.5. The van der Waals surface area contributed by atoms with Crippen LogP contribution in [0.15, 0.2) is 235 Å². The Morgan fingerprint density at radius 3 is 1.37 bits per heavy atom. The number of benzene rings is 13. The van der Waals surface area contributed by atoms with E-state index >= 15 is 0 Å². The normalized spacial score (nSPS) is 13.1. The van der Waals surface area contributed by atoms with Crippen LogP contribution in [0.1, 0.15) is 25.0 Å². The lowest BCUT2D eigenvalue weighted by molar-refractivity contribution is 0.666. The van der Waals surface area contributed by atoms with Crippen molar-refractivity contribution in [2.24, 2.45) is 0 Å². The number of furan rings is 1. The third-order valence-electron chi connectivity index (χ3n) is 15.8. The second-order valence-electron chi connectivity index (χ2n) is 19.8. The van der Waals surface area contributed by atoms with Gasteiger partial charge in [-0.1, -0.05) is 208 Å². The molecule has 15 rings (SSSR count). The molecule has 0 atom stereocenters. The fraction of sp³-hybridized carbons (Fsp3) is 0.0435. The van der Waals surface area contributed by atoms with E-state index in [4.69, 9.17) is 4.42 Å². The maximum Gasteiger partial charge on any atom is 0.135 e. The highest BCUT2D eigenvalue weighted by molar-refractivity contribution is 6.25. The predicted octanol–water partition coefficient (Wildman–Crippen LogP) is 19.5. The van der Waals surface area contributed by atoms with E-state index in [0.717, 1.165) is 21.9 Å². The van der Waals surface area contributed by atoms with Crippen LogP contribution in [0.5, 0.6) is 0 Å². The van der Waals surface area contributed by atoms with Gasteiger partial charge in [-0.25, -0.2) is 0 Å². The van der Waals surface area contributed by atoms with E-state index in [1.165, 1.54) is 131 Å². The van der Waals surface area contributed by atoms with Gasteiger partial charge in [-0.3, -0.25) is 0 Å². The van der Waals surface area contributed by atoms with Crippen molar-refractivity contribution in [1.82, 2.24) is 0 Å². The zero-order valence-electron chi connectivity index (χ0n) is 38.8. The average Bonchev–Trinajstić information content (AvgIpc) is 3.91. The highest BCUT2D eigenvalue weighted by Gasteiger charge is 2.38. The molecule has 70 heavy (non-hydrogen) atoms. The molecule has 0 radical (unpaired) electrons. The number of hydrogen-bond donors (Lipinski definition) is 0. The quantitative estimate of drug-likeness (QED) is 0.127. The SMILES string of the molecule is CC1(C)c2ccc(-c3ccc4oc5ccc(-c6c7ccccc7c(-c7ccccc7-c7cc8ccccc8c8ccccc78)c7ccccc67)cc5c4c3)cc2-c2c1c1ccccc1c1ccccc21. The summed E-state index contributed by atoms with van der Waals surface area (Å²) >= 11 is 0. The summed E-state index contributed by atoms with van der Waals surface area (Å²) in [7, 11) is 0. The topological polar surface area (TPSA) is 13.1 Å². The molecule has 1 aliphatic rings. The monoisotopic (exact) mass is 888 g/mol. The summed E-state index contributed by atoms with van der Waals surface area (Å²) in [6.45, 7) is 4.79. The van der Waals surface area contributed by atoms with Gasteiger partial charge in [0, 0.05) is 16.2 Å². The second kappa shape index (κ2) is 14.6. The molecule has 0 N–H and O–H groups in total. The lowest BCUT2D eigenvalue weighted by Gasteiger charge is -2.24. The molecule has 1 aromatic heterocycles. The molecule has 0 amide bonds. The van der Waals surface area contributed by atoms with Crippen LogP contribution < -0.4 is 0 Å². The molecular formula is C69H44O. The maximum atomic E-state index is 6.64. The molecular weight excluding hydrogens is 845 g/mol. The molecule has 0 bridgehead atoms. The largest absolute Gasteiger partial charge is 0.456 e. The van der Waals surface area contributed by atoms with Crippen LogP contribution >= 0.6 is 0 Å². The molecule has 0 fully saturated rings. The Balaban J connectivity index is 0.908. The minimum atomic E-state index is -0.143. The first kappa shape index (κ1) is 39.2. The Hall–Kier alpha value is -8.78. The minimum Gasteiger partial charge on any atom is -0.456 e. The zero-order chi connectivity index (χ0) is 46.2. The molecule has 326 valence electrons. The third kappa shape index (κ3) is 5.49. The Bertz CT molecular complexity index is 4500. The van der Waals surface area contributed by atoms with E-state index in [2.05, 4.69) is 244 Å². The van der Waals surface area contributed by atoms with E-state index in [-0.39, 0.29) is 5.41 Å². The Morgan fingerprint density at radius 1 is 0.271 bits per heavy atom. The van der Waals surface area contributed by atoms with Gasteiger partial charge in [0.25, 0.3) is 0 Å². The van der Waals surface area contributed by atoms with Gasteiger partial charge in [0.05, 0.1) is 0 Å². The minimum absolute atomic E-state index is 0.143. The van der Waals surface area contributed by atoms with Crippen LogP contribution in [0.25, 0.3) is 142 Å². The van der Waals surface area contributed by atoms with Crippen molar-refractivity contribution >= 4 is 86.6 Å². The molecule has 0 saturated heterocycles. The fourth-order valence-electron chi connectivity index (χ4n) is 12.7. The van der Waals surface area contributed by atoms with Crippen LogP contribution in [0.3, 0.4) is 0 Å². The molecule has 1 aliphatic carbocycles. The molecule has 1 heterocycles. The second-order valence-corrected chi connectivity index (χ2v) is 19.8. The molecule has 0 unspecified atom stereocenters. The molecule has 1 heteroatoms. The van der Waals surface area contributed by atoms with Crippen molar-refractivity contribution in [1.29, 1.82) is 0 Å². The van der Waals surface area contributed by atoms with Gasteiger partial charge >= 0.3 is 0 Å². The Labute approximate surface area is 405 Å². The lowest BCUT2D eigenvalue weighted by Crippen LogP contribution is -2.15. The van der Waals surface area contributed by atoms with Gasteiger partial charge in [0.2, 0.25) is 0 Å². The number of hydrogen-bond acceptors (Lipinski definition) is 1. The van der Waals surface area contributed by atoms with Gasteiger partial charge in [0.15, 0.2) is 0 Å². The van der Waals surface area contributed by atoms with Crippen LogP contribution in [0.4, 0.5) is 0 Å². The number of rotatable bonds is 4. The Morgan fingerprint density at radius 2 is 0.714 bits per heavy atom. The van der Waals surface area contributed by atoms with Gasteiger partial charge in [-0.15, -0.1) is 0 Å². The summed E-state index contributed by atoms with van der Waals surface area (Å²) < 4.78 is 6.64. The first-order valence-electron chi connectivity index (χ1n) is 24.5. The molecule has 0 spiro atoms. The number of fused-ring (bicyclic) bond motifs is 16. The summed E-state index contributed by atoms with van der Waals surface area (Å²) in [4.78, 5) is 0. The summed E-state index contributed by atoms with van der Waals surface area (Å²) in [5.74, 6) is 0. The first-order valence-corrected chi connectivity index (χ1v) is 24.5. The highest BCUT2D eigenvalue weighted by Crippen LogP contribution is 2.56. The van der Waals surface area contributed by atoms with Crippen LogP contribution in [0.2, 0.25) is 0 Å². The third-order valence-corrected chi connectivity index (χ3v) is 15.8. The van der Waals surface area contributed by atoms with Gasteiger partial charge < -0.3 is 4.42 Å². The zero-order valence-corrected chi connectivity index (χ0v) is 38.8. The van der Waals surface area contributed by atoms with E-state index < -0.39 is 0 Å². The van der Waals surface area contributed by atoms with Crippen molar-refractivity contribution in [2.45, 2.75) is 19.3 Å².